The number of hydrogen-bond acceptors (Lipinski definition) is 7. The van der Waals surface area contributed by atoms with Gasteiger partial charge in [0.05, 0.1) is 6.61 Å². The predicted molar refractivity (Wildman–Crippen MR) is 111 cm³/mol. The van der Waals surface area contributed by atoms with Gasteiger partial charge in [-0.05, 0) is 49.4 Å². The molecule has 6 nitrogen and oxygen atoms in total. The number of para-hydroxylation sites is 1. The van der Waals surface area contributed by atoms with Crippen LogP contribution < -0.4 is 14.8 Å². The van der Waals surface area contributed by atoms with E-state index in [1.807, 2.05) is 50.2 Å². The van der Waals surface area contributed by atoms with E-state index in [0.29, 0.717) is 23.3 Å². The third-order valence-corrected chi connectivity index (χ3v) is 5.13. The highest BCUT2D eigenvalue weighted by Gasteiger charge is 2.26. The van der Waals surface area contributed by atoms with Crippen LogP contribution in [0.1, 0.15) is 31.2 Å². The Morgan fingerprint density at radius 2 is 2.00 bits per heavy atom. The van der Waals surface area contributed by atoms with Crippen LogP contribution in [0.4, 0.5) is 5.69 Å². The second-order valence-corrected chi connectivity index (χ2v) is 7.56. The molecule has 28 heavy (non-hydrogen) atoms. The van der Waals surface area contributed by atoms with Gasteiger partial charge in [-0.3, -0.25) is 0 Å². The zero-order chi connectivity index (χ0) is 19.5. The van der Waals surface area contributed by atoms with Crippen molar-refractivity contribution in [3.8, 4) is 22.9 Å². The molecule has 0 fully saturated rings. The minimum absolute atomic E-state index is 0.395. The first-order valence-corrected chi connectivity index (χ1v) is 10.3. The highest BCUT2D eigenvalue weighted by atomic mass is 32.2. The van der Waals surface area contributed by atoms with E-state index in [2.05, 4.69) is 33.5 Å². The van der Waals surface area contributed by atoms with Crippen LogP contribution in [-0.4, -0.2) is 27.5 Å². The molecular formula is C21H22N4O2S. The number of aromatic nitrogens is 3. The van der Waals surface area contributed by atoms with E-state index in [1.165, 1.54) is 0 Å². The summed E-state index contributed by atoms with van der Waals surface area (Å²) < 4.78 is 12.0. The van der Waals surface area contributed by atoms with Crippen molar-refractivity contribution in [2.75, 3.05) is 17.7 Å². The Balaban J connectivity index is 1.77. The third-order valence-electron chi connectivity index (χ3n) is 4.41. The van der Waals surface area contributed by atoms with Gasteiger partial charge in [-0.15, -0.1) is 10.2 Å². The molecule has 0 amide bonds. The molecule has 1 aliphatic rings. The molecular weight excluding hydrogens is 372 g/mol. The van der Waals surface area contributed by atoms with Crippen LogP contribution in [0.5, 0.6) is 11.6 Å². The fourth-order valence-electron chi connectivity index (χ4n) is 3.14. The summed E-state index contributed by atoms with van der Waals surface area (Å²) in [5.41, 5.74) is 4.56. The molecule has 1 aromatic heterocycles. The zero-order valence-electron chi connectivity index (χ0n) is 16.1. The van der Waals surface area contributed by atoms with Crippen LogP contribution in [0.25, 0.3) is 11.3 Å². The highest BCUT2D eigenvalue weighted by Crippen LogP contribution is 2.39. The summed E-state index contributed by atoms with van der Waals surface area (Å²) >= 11 is 1.54. The van der Waals surface area contributed by atoms with Gasteiger partial charge in [0, 0.05) is 16.8 Å². The van der Waals surface area contributed by atoms with Gasteiger partial charge in [0.2, 0.25) is 11.0 Å². The van der Waals surface area contributed by atoms with Gasteiger partial charge in [-0.2, -0.15) is 4.98 Å². The fraction of sp³-hybridized carbons (Fsp3) is 0.286. The van der Waals surface area contributed by atoms with E-state index in [9.17, 15) is 0 Å². The Kier molecular flexibility index (Phi) is 5.34. The lowest BCUT2D eigenvalue weighted by Gasteiger charge is -2.20. The molecule has 3 aromatic rings. The lowest BCUT2D eigenvalue weighted by atomic mass is 10.1. The number of nitrogens with one attached hydrogen (secondary N) is 1. The highest BCUT2D eigenvalue weighted by molar-refractivity contribution is 7.99. The number of aryl methyl sites for hydroxylation is 1. The first kappa shape index (κ1) is 18.6. The predicted octanol–water partition coefficient (Wildman–Crippen LogP) is 4.86. The van der Waals surface area contributed by atoms with Crippen molar-refractivity contribution in [1.29, 1.82) is 0 Å². The Labute approximate surface area is 168 Å². The lowest BCUT2D eigenvalue weighted by Crippen LogP contribution is -2.17. The van der Waals surface area contributed by atoms with E-state index in [4.69, 9.17) is 9.47 Å². The monoisotopic (exact) mass is 394 g/mol. The van der Waals surface area contributed by atoms with Gasteiger partial charge in [0.1, 0.15) is 5.75 Å². The Morgan fingerprint density at radius 3 is 2.79 bits per heavy atom. The van der Waals surface area contributed by atoms with E-state index in [-0.39, 0.29) is 0 Å². The van der Waals surface area contributed by atoms with Crippen molar-refractivity contribution in [2.24, 2.45) is 0 Å². The molecule has 0 unspecified atom stereocenters. The number of benzene rings is 2. The maximum absolute atomic E-state index is 6.29. The van der Waals surface area contributed by atoms with Gasteiger partial charge in [0.15, 0.2) is 11.9 Å². The summed E-state index contributed by atoms with van der Waals surface area (Å²) in [4.78, 5) is 4.61. The molecule has 0 aliphatic carbocycles. The molecule has 144 valence electrons. The molecule has 0 bridgehead atoms. The van der Waals surface area contributed by atoms with Gasteiger partial charge in [0.25, 0.3) is 0 Å². The first-order valence-electron chi connectivity index (χ1n) is 9.33. The number of ether oxygens (including phenoxy) is 2. The number of hydrogen-bond donors (Lipinski definition) is 1. The maximum atomic E-state index is 6.29. The SMILES string of the molecule is CCOc1ccc([C@@H]2Nc3ccccc3-c3nnc(SCC)nc3O2)cc1C. The van der Waals surface area contributed by atoms with E-state index < -0.39 is 6.23 Å². The summed E-state index contributed by atoms with van der Waals surface area (Å²) in [6, 6.07) is 14.0. The molecule has 2 heterocycles. The van der Waals surface area contributed by atoms with Gasteiger partial charge < -0.3 is 14.8 Å². The molecule has 0 saturated carbocycles. The van der Waals surface area contributed by atoms with Gasteiger partial charge in [-0.25, -0.2) is 0 Å². The number of fused-ring (bicyclic) bond motifs is 3. The quantitative estimate of drug-likeness (QED) is 0.620. The second kappa shape index (κ2) is 8.06. The number of anilines is 1. The largest absolute Gasteiger partial charge is 0.494 e. The van der Waals surface area contributed by atoms with E-state index in [1.54, 1.807) is 11.8 Å². The molecule has 7 heteroatoms. The molecule has 0 radical (unpaired) electrons. The molecule has 0 spiro atoms. The average Bonchev–Trinajstić information content (AvgIpc) is 2.86. The number of nitrogens with zero attached hydrogens (tertiary/aromatic N) is 3. The van der Waals surface area contributed by atoms with Crippen molar-refractivity contribution in [3.63, 3.8) is 0 Å². The summed E-state index contributed by atoms with van der Waals surface area (Å²) in [7, 11) is 0. The minimum Gasteiger partial charge on any atom is -0.494 e. The van der Waals surface area contributed by atoms with Gasteiger partial charge >= 0.3 is 0 Å². The van der Waals surface area contributed by atoms with Crippen LogP contribution >= 0.6 is 11.8 Å². The Hall–Kier alpha value is -2.80. The summed E-state index contributed by atoms with van der Waals surface area (Å²) in [6.07, 6.45) is -0.395. The van der Waals surface area contributed by atoms with Crippen molar-refractivity contribution in [2.45, 2.75) is 32.2 Å². The third kappa shape index (κ3) is 3.62. The summed E-state index contributed by atoms with van der Waals surface area (Å²) in [5.74, 6) is 2.24. The van der Waals surface area contributed by atoms with Gasteiger partial charge in [-0.1, -0.05) is 36.9 Å². The van der Waals surface area contributed by atoms with Crippen LogP contribution in [-0.2, 0) is 0 Å². The molecule has 1 atom stereocenters. The molecule has 1 aliphatic heterocycles. The molecule has 0 saturated heterocycles. The molecule has 4 rings (SSSR count). The van der Waals surface area contributed by atoms with Crippen LogP contribution in [0, 0.1) is 6.92 Å². The Morgan fingerprint density at radius 1 is 1.14 bits per heavy atom. The average molecular weight is 395 g/mol. The normalized spacial score (nSPS) is 14.9. The van der Waals surface area contributed by atoms with Crippen LogP contribution in [0.15, 0.2) is 47.6 Å². The maximum Gasteiger partial charge on any atom is 0.247 e. The molecule has 1 N–H and O–H groups in total. The number of thioether (sulfide) groups is 1. The van der Waals surface area contributed by atoms with Crippen molar-refractivity contribution < 1.29 is 9.47 Å². The van der Waals surface area contributed by atoms with E-state index in [0.717, 1.165) is 33.9 Å². The molecule has 2 aromatic carbocycles. The summed E-state index contributed by atoms with van der Waals surface area (Å²) in [6.45, 7) is 6.71. The number of rotatable bonds is 5. The van der Waals surface area contributed by atoms with Crippen LogP contribution in [0.2, 0.25) is 0 Å². The topological polar surface area (TPSA) is 69.2 Å². The fourth-order valence-corrected chi connectivity index (χ4v) is 3.65. The van der Waals surface area contributed by atoms with E-state index >= 15 is 0 Å². The van der Waals surface area contributed by atoms with Crippen LogP contribution in [0.3, 0.4) is 0 Å². The van der Waals surface area contributed by atoms with Crippen molar-refractivity contribution in [1.82, 2.24) is 15.2 Å². The first-order chi connectivity index (χ1) is 13.7. The van der Waals surface area contributed by atoms with Crippen molar-refractivity contribution in [3.05, 3.63) is 53.6 Å². The summed E-state index contributed by atoms with van der Waals surface area (Å²) in [5, 5.41) is 12.7. The lowest BCUT2D eigenvalue weighted by molar-refractivity contribution is 0.225. The minimum atomic E-state index is -0.395. The second-order valence-electron chi connectivity index (χ2n) is 6.33. The Bertz CT molecular complexity index is 996. The smallest absolute Gasteiger partial charge is 0.247 e. The van der Waals surface area contributed by atoms with Crippen molar-refractivity contribution >= 4 is 17.4 Å². The standard InChI is InChI=1S/C21H22N4O2S/c1-4-26-17-11-10-14(12-13(17)3)19-22-16-9-7-6-8-15(16)18-20(27-19)23-21(25-24-18)28-5-2/h6-12,19,22H,4-5H2,1-3H3/t19-/m1/s1. The zero-order valence-corrected chi connectivity index (χ0v) is 16.9.